The van der Waals surface area contributed by atoms with E-state index in [2.05, 4.69) is 15.6 Å². The molecule has 0 fully saturated rings. The highest BCUT2D eigenvalue weighted by Gasteiger charge is 2.10. The van der Waals surface area contributed by atoms with Gasteiger partial charge in [-0.3, -0.25) is 0 Å². The molecule has 0 spiro atoms. The molecule has 0 saturated heterocycles. The SMILES string of the molecule is CCOc1ccc([C@H](C)NC(=O)NCc2csc(C)n2)cc1. The maximum atomic E-state index is 11.9. The summed E-state index contributed by atoms with van der Waals surface area (Å²) in [5, 5.41) is 8.67. The van der Waals surface area contributed by atoms with Crippen molar-refractivity contribution in [2.75, 3.05) is 6.61 Å². The van der Waals surface area contributed by atoms with Crippen LogP contribution in [-0.4, -0.2) is 17.6 Å². The molecule has 2 N–H and O–H groups in total. The Morgan fingerprint density at radius 2 is 2.09 bits per heavy atom. The van der Waals surface area contributed by atoms with Gasteiger partial charge in [-0.25, -0.2) is 9.78 Å². The fourth-order valence-electron chi connectivity index (χ4n) is 2.01. The summed E-state index contributed by atoms with van der Waals surface area (Å²) >= 11 is 1.58. The van der Waals surface area contributed by atoms with Gasteiger partial charge in [0.15, 0.2) is 0 Å². The number of carbonyl (C=O) groups is 1. The minimum atomic E-state index is -0.202. The molecule has 0 aliphatic carbocycles. The number of thiazole rings is 1. The van der Waals surface area contributed by atoms with Crippen LogP contribution in [0, 0.1) is 6.92 Å². The second kappa shape index (κ2) is 7.79. The van der Waals surface area contributed by atoms with Crippen LogP contribution in [-0.2, 0) is 6.54 Å². The van der Waals surface area contributed by atoms with Crippen molar-refractivity contribution in [2.24, 2.45) is 0 Å². The van der Waals surface area contributed by atoms with Crippen LogP contribution < -0.4 is 15.4 Å². The lowest BCUT2D eigenvalue weighted by atomic mass is 10.1. The highest BCUT2D eigenvalue weighted by atomic mass is 32.1. The summed E-state index contributed by atoms with van der Waals surface area (Å²) in [5.41, 5.74) is 1.91. The number of benzene rings is 1. The van der Waals surface area contributed by atoms with Crippen LogP contribution in [0.3, 0.4) is 0 Å². The Morgan fingerprint density at radius 1 is 1.36 bits per heavy atom. The summed E-state index contributed by atoms with van der Waals surface area (Å²) in [6.45, 7) is 6.93. The molecule has 118 valence electrons. The van der Waals surface area contributed by atoms with Crippen LogP contribution in [0.1, 0.15) is 36.2 Å². The van der Waals surface area contributed by atoms with E-state index in [-0.39, 0.29) is 12.1 Å². The monoisotopic (exact) mass is 319 g/mol. The second-order valence-electron chi connectivity index (χ2n) is 4.91. The minimum Gasteiger partial charge on any atom is -0.494 e. The van der Waals surface area contributed by atoms with E-state index in [0.29, 0.717) is 13.2 Å². The van der Waals surface area contributed by atoms with Crippen LogP contribution in [0.2, 0.25) is 0 Å². The lowest BCUT2D eigenvalue weighted by molar-refractivity contribution is 0.237. The molecule has 2 aromatic rings. The second-order valence-corrected chi connectivity index (χ2v) is 5.97. The smallest absolute Gasteiger partial charge is 0.315 e. The van der Waals surface area contributed by atoms with Crippen LogP contribution in [0.15, 0.2) is 29.6 Å². The maximum absolute atomic E-state index is 11.9. The summed E-state index contributed by atoms with van der Waals surface area (Å²) in [4.78, 5) is 16.2. The molecule has 6 heteroatoms. The van der Waals surface area contributed by atoms with Gasteiger partial charge < -0.3 is 15.4 Å². The Balaban J connectivity index is 1.82. The average Bonchev–Trinajstić information content (AvgIpc) is 2.92. The van der Waals surface area contributed by atoms with E-state index in [1.54, 1.807) is 11.3 Å². The number of nitrogens with zero attached hydrogens (tertiary/aromatic N) is 1. The van der Waals surface area contributed by atoms with E-state index < -0.39 is 0 Å². The van der Waals surface area contributed by atoms with Gasteiger partial charge in [0.05, 0.1) is 29.9 Å². The summed E-state index contributed by atoms with van der Waals surface area (Å²) in [6.07, 6.45) is 0. The fraction of sp³-hybridized carbons (Fsp3) is 0.375. The number of ether oxygens (including phenoxy) is 1. The normalized spacial score (nSPS) is 11.8. The predicted octanol–water partition coefficient (Wildman–Crippen LogP) is 3.41. The van der Waals surface area contributed by atoms with Gasteiger partial charge in [-0.1, -0.05) is 12.1 Å². The Kier molecular flexibility index (Phi) is 5.77. The molecule has 0 saturated carbocycles. The van der Waals surface area contributed by atoms with Gasteiger partial charge in [0.25, 0.3) is 0 Å². The molecule has 22 heavy (non-hydrogen) atoms. The van der Waals surface area contributed by atoms with Crippen molar-refractivity contribution in [1.82, 2.24) is 15.6 Å². The third-order valence-corrected chi connectivity index (χ3v) is 3.96. The predicted molar refractivity (Wildman–Crippen MR) is 88.2 cm³/mol. The van der Waals surface area contributed by atoms with Crippen molar-refractivity contribution in [3.8, 4) is 5.75 Å². The van der Waals surface area contributed by atoms with Gasteiger partial charge in [0.1, 0.15) is 5.75 Å². The molecule has 0 aliphatic rings. The molecule has 0 aliphatic heterocycles. The summed E-state index contributed by atoms with van der Waals surface area (Å²) in [7, 11) is 0. The lowest BCUT2D eigenvalue weighted by Gasteiger charge is -2.15. The number of urea groups is 1. The Morgan fingerprint density at radius 3 is 2.68 bits per heavy atom. The Bertz CT molecular complexity index is 610. The summed E-state index contributed by atoms with van der Waals surface area (Å²) in [5.74, 6) is 0.835. The van der Waals surface area contributed by atoms with Gasteiger partial charge in [-0.15, -0.1) is 11.3 Å². The molecule has 1 aromatic heterocycles. The van der Waals surface area contributed by atoms with E-state index in [1.165, 1.54) is 0 Å². The molecule has 0 unspecified atom stereocenters. The van der Waals surface area contributed by atoms with Crippen molar-refractivity contribution in [2.45, 2.75) is 33.4 Å². The van der Waals surface area contributed by atoms with E-state index >= 15 is 0 Å². The highest BCUT2D eigenvalue weighted by molar-refractivity contribution is 7.09. The number of nitrogens with one attached hydrogen (secondary N) is 2. The molecule has 0 radical (unpaired) electrons. The number of aromatic nitrogens is 1. The van der Waals surface area contributed by atoms with Crippen LogP contribution in [0.5, 0.6) is 5.75 Å². The standard InChI is InChI=1S/C16H21N3O2S/c1-4-21-15-7-5-13(6-8-15)11(2)18-16(20)17-9-14-10-22-12(3)19-14/h5-8,10-11H,4,9H2,1-3H3,(H2,17,18,20)/t11-/m0/s1. The highest BCUT2D eigenvalue weighted by Crippen LogP contribution is 2.17. The van der Waals surface area contributed by atoms with Crippen LogP contribution >= 0.6 is 11.3 Å². The molecular formula is C16H21N3O2S. The third-order valence-electron chi connectivity index (χ3n) is 3.14. The molecule has 1 heterocycles. The molecule has 1 atom stereocenters. The first-order valence-corrected chi connectivity index (χ1v) is 8.14. The summed E-state index contributed by atoms with van der Waals surface area (Å²) < 4.78 is 5.41. The van der Waals surface area contributed by atoms with Gasteiger partial charge in [-0.2, -0.15) is 0 Å². The Labute approximate surface area is 134 Å². The van der Waals surface area contributed by atoms with Gasteiger partial charge in [0, 0.05) is 5.38 Å². The van der Waals surface area contributed by atoms with Crippen LogP contribution in [0.4, 0.5) is 4.79 Å². The van der Waals surface area contributed by atoms with Crippen molar-refractivity contribution in [1.29, 1.82) is 0 Å². The van der Waals surface area contributed by atoms with Gasteiger partial charge in [0.2, 0.25) is 0 Å². The maximum Gasteiger partial charge on any atom is 0.315 e. The van der Waals surface area contributed by atoms with Crippen molar-refractivity contribution in [3.05, 3.63) is 45.9 Å². The van der Waals surface area contributed by atoms with E-state index in [0.717, 1.165) is 22.0 Å². The quantitative estimate of drug-likeness (QED) is 0.857. The lowest BCUT2D eigenvalue weighted by Crippen LogP contribution is -2.36. The van der Waals surface area contributed by atoms with E-state index in [1.807, 2.05) is 50.4 Å². The van der Waals surface area contributed by atoms with Crippen molar-refractivity contribution >= 4 is 17.4 Å². The number of aryl methyl sites for hydroxylation is 1. The summed E-state index contributed by atoms with van der Waals surface area (Å²) in [6, 6.07) is 7.46. The minimum absolute atomic E-state index is 0.0761. The number of carbonyl (C=O) groups excluding carboxylic acids is 1. The third kappa shape index (κ3) is 4.73. The zero-order valence-corrected chi connectivity index (χ0v) is 13.9. The van der Waals surface area contributed by atoms with Crippen molar-refractivity contribution in [3.63, 3.8) is 0 Å². The van der Waals surface area contributed by atoms with Crippen molar-refractivity contribution < 1.29 is 9.53 Å². The topological polar surface area (TPSA) is 63.2 Å². The molecular weight excluding hydrogens is 298 g/mol. The first-order chi connectivity index (χ1) is 10.6. The van der Waals surface area contributed by atoms with Gasteiger partial charge in [-0.05, 0) is 38.5 Å². The first-order valence-electron chi connectivity index (χ1n) is 7.26. The largest absolute Gasteiger partial charge is 0.494 e. The first kappa shape index (κ1) is 16.3. The fourth-order valence-corrected chi connectivity index (χ4v) is 2.62. The zero-order valence-electron chi connectivity index (χ0n) is 13.1. The number of amides is 2. The molecule has 0 bridgehead atoms. The molecule has 5 nitrogen and oxygen atoms in total. The molecule has 2 rings (SSSR count). The van der Waals surface area contributed by atoms with E-state index in [9.17, 15) is 4.79 Å². The van der Waals surface area contributed by atoms with E-state index in [4.69, 9.17) is 4.74 Å². The Hall–Kier alpha value is -2.08. The number of rotatable bonds is 6. The molecule has 1 aromatic carbocycles. The molecule has 2 amide bonds. The van der Waals surface area contributed by atoms with Gasteiger partial charge >= 0.3 is 6.03 Å². The number of hydrogen-bond acceptors (Lipinski definition) is 4. The zero-order chi connectivity index (χ0) is 15.9. The average molecular weight is 319 g/mol. The van der Waals surface area contributed by atoms with Crippen LogP contribution in [0.25, 0.3) is 0 Å². The number of hydrogen-bond donors (Lipinski definition) is 2.